The zero-order valence-electron chi connectivity index (χ0n) is 10.7. The lowest BCUT2D eigenvalue weighted by Crippen LogP contribution is -2.35. The van der Waals surface area contributed by atoms with E-state index in [1.165, 1.54) is 12.8 Å². The van der Waals surface area contributed by atoms with E-state index in [1.807, 2.05) is 13.0 Å². The van der Waals surface area contributed by atoms with Crippen molar-refractivity contribution >= 4 is 12.2 Å². The Morgan fingerprint density at radius 1 is 1.47 bits per heavy atom. The summed E-state index contributed by atoms with van der Waals surface area (Å²) in [5, 5.41) is 0. The molecule has 0 atom stereocenters. The molecule has 0 spiro atoms. The van der Waals surface area contributed by atoms with E-state index in [0.29, 0.717) is 4.64 Å². The standard InChI is InChI=1S/C13H20N2OS/c1-9-4-6-13(16-3,7-5-9)12-14-10(2)8-11(17)15-12/h8-9H,4-7H2,1-3H3,(H,14,15,17). The first-order valence-electron chi connectivity index (χ1n) is 6.19. The van der Waals surface area contributed by atoms with Crippen LogP contribution in [0.4, 0.5) is 0 Å². The molecular formula is C13H20N2OS. The molecule has 0 aliphatic heterocycles. The summed E-state index contributed by atoms with van der Waals surface area (Å²) in [6.45, 7) is 4.31. The Hall–Kier alpha value is -0.740. The maximum atomic E-state index is 5.78. The molecule has 1 aliphatic carbocycles. The number of nitrogens with one attached hydrogen (secondary N) is 1. The van der Waals surface area contributed by atoms with Gasteiger partial charge in [0.15, 0.2) is 0 Å². The predicted octanol–water partition coefficient (Wildman–Crippen LogP) is 3.50. The number of rotatable bonds is 2. The fourth-order valence-electron chi connectivity index (χ4n) is 2.56. The lowest BCUT2D eigenvalue weighted by Gasteiger charge is -2.37. The summed E-state index contributed by atoms with van der Waals surface area (Å²) in [5.41, 5.74) is 0.793. The average molecular weight is 252 g/mol. The molecule has 0 aromatic carbocycles. The quantitative estimate of drug-likeness (QED) is 0.819. The van der Waals surface area contributed by atoms with Gasteiger partial charge in [-0.1, -0.05) is 19.1 Å². The van der Waals surface area contributed by atoms with Gasteiger partial charge in [0.1, 0.15) is 16.1 Å². The highest BCUT2D eigenvalue weighted by Crippen LogP contribution is 2.40. The van der Waals surface area contributed by atoms with Gasteiger partial charge in [-0.3, -0.25) is 0 Å². The molecule has 0 unspecified atom stereocenters. The molecule has 1 N–H and O–H groups in total. The molecule has 1 aliphatic rings. The van der Waals surface area contributed by atoms with Crippen molar-refractivity contribution in [2.24, 2.45) is 5.92 Å². The minimum Gasteiger partial charge on any atom is -0.370 e. The second kappa shape index (κ2) is 4.86. The Morgan fingerprint density at radius 3 is 2.65 bits per heavy atom. The van der Waals surface area contributed by atoms with E-state index < -0.39 is 0 Å². The molecule has 0 bridgehead atoms. The first kappa shape index (κ1) is 12.7. The van der Waals surface area contributed by atoms with E-state index in [4.69, 9.17) is 17.0 Å². The maximum absolute atomic E-state index is 5.78. The van der Waals surface area contributed by atoms with Crippen LogP contribution in [0.2, 0.25) is 0 Å². The highest BCUT2D eigenvalue weighted by molar-refractivity contribution is 7.71. The lowest BCUT2D eigenvalue weighted by molar-refractivity contribution is -0.0599. The summed E-state index contributed by atoms with van der Waals surface area (Å²) in [7, 11) is 1.77. The van der Waals surface area contributed by atoms with Crippen LogP contribution in [0, 0.1) is 17.5 Å². The van der Waals surface area contributed by atoms with Gasteiger partial charge in [-0.25, -0.2) is 4.98 Å². The minimum atomic E-state index is -0.258. The molecule has 0 saturated heterocycles. The fourth-order valence-corrected chi connectivity index (χ4v) is 2.83. The van der Waals surface area contributed by atoms with Gasteiger partial charge in [0.05, 0.1) is 0 Å². The second-order valence-electron chi connectivity index (χ2n) is 5.13. The van der Waals surface area contributed by atoms with Gasteiger partial charge in [0.2, 0.25) is 0 Å². The molecule has 1 aromatic rings. The monoisotopic (exact) mass is 252 g/mol. The second-order valence-corrected chi connectivity index (χ2v) is 5.55. The van der Waals surface area contributed by atoms with Crippen molar-refractivity contribution in [3.05, 3.63) is 22.2 Å². The van der Waals surface area contributed by atoms with Gasteiger partial charge >= 0.3 is 0 Å². The Balaban J connectivity index is 2.37. The van der Waals surface area contributed by atoms with Crippen LogP contribution in [0.3, 0.4) is 0 Å². The van der Waals surface area contributed by atoms with E-state index in [2.05, 4.69) is 16.9 Å². The third-order valence-electron chi connectivity index (χ3n) is 3.78. The summed E-state index contributed by atoms with van der Waals surface area (Å²) in [5.74, 6) is 1.68. The van der Waals surface area contributed by atoms with Crippen LogP contribution in [0.5, 0.6) is 0 Å². The van der Waals surface area contributed by atoms with Crippen molar-refractivity contribution in [3.63, 3.8) is 0 Å². The molecule has 17 heavy (non-hydrogen) atoms. The number of methoxy groups -OCH3 is 1. The number of H-pyrrole nitrogens is 1. The van der Waals surface area contributed by atoms with Crippen molar-refractivity contribution < 1.29 is 4.74 Å². The Bertz CT molecular complexity index is 447. The SMILES string of the molecule is COC1(c2nc(=S)cc(C)[nH]2)CCC(C)CC1. The van der Waals surface area contributed by atoms with E-state index in [1.54, 1.807) is 7.11 Å². The zero-order valence-corrected chi connectivity index (χ0v) is 11.6. The summed E-state index contributed by atoms with van der Waals surface area (Å²) in [6.07, 6.45) is 4.41. The summed E-state index contributed by atoms with van der Waals surface area (Å²) >= 11 is 5.19. The van der Waals surface area contributed by atoms with E-state index in [9.17, 15) is 0 Å². The number of ether oxygens (including phenoxy) is 1. The number of aromatic amines is 1. The summed E-state index contributed by atoms with van der Waals surface area (Å²) < 4.78 is 6.43. The predicted molar refractivity (Wildman–Crippen MR) is 70.5 cm³/mol. The molecule has 2 rings (SSSR count). The minimum absolute atomic E-state index is 0.258. The average Bonchev–Trinajstić information content (AvgIpc) is 2.29. The summed E-state index contributed by atoms with van der Waals surface area (Å²) in [6, 6.07) is 1.88. The molecule has 1 aromatic heterocycles. The number of hydrogen-bond donors (Lipinski definition) is 1. The van der Waals surface area contributed by atoms with Crippen LogP contribution >= 0.6 is 12.2 Å². The van der Waals surface area contributed by atoms with Gasteiger partial charge in [-0.05, 0) is 44.6 Å². The Morgan fingerprint density at radius 2 is 2.12 bits per heavy atom. The molecule has 0 radical (unpaired) electrons. The highest BCUT2D eigenvalue weighted by atomic mass is 32.1. The molecule has 4 heteroatoms. The smallest absolute Gasteiger partial charge is 0.140 e. The van der Waals surface area contributed by atoms with Crippen LogP contribution < -0.4 is 0 Å². The number of aryl methyl sites for hydroxylation is 1. The molecule has 3 nitrogen and oxygen atoms in total. The fraction of sp³-hybridized carbons (Fsp3) is 0.692. The van der Waals surface area contributed by atoms with Gasteiger partial charge in [-0.2, -0.15) is 0 Å². The van der Waals surface area contributed by atoms with Crippen molar-refractivity contribution in [2.75, 3.05) is 7.11 Å². The van der Waals surface area contributed by atoms with E-state index in [-0.39, 0.29) is 5.60 Å². The zero-order chi connectivity index (χ0) is 12.5. The van der Waals surface area contributed by atoms with Crippen molar-refractivity contribution in [2.45, 2.75) is 45.1 Å². The molecule has 1 saturated carbocycles. The van der Waals surface area contributed by atoms with Crippen LogP contribution in [-0.4, -0.2) is 17.1 Å². The third kappa shape index (κ3) is 2.58. The number of nitrogens with zero attached hydrogens (tertiary/aromatic N) is 1. The largest absolute Gasteiger partial charge is 0.370 e. The molecule has 1 fully saturated rings. The number of aromatic nitrogens is 2. The number of hydrogen-bond acceptors (Lipinski definition) is 3. The highest BCUT2D eigenvalue weighted by Gasteiger charge is 2.38. The topological polar surface area (TPSA) is 37.9 Å². The Labute approximate surface area is 108 Å². The van der Waals surface area contributed by atoms with Gasteiger partial charge in [0, 0.05) is 12.8 Å². The van der Waals surface area contributed by atoms with Crippen LogP contribution in [0.1, 0.15) is 44.1 Å². The molecule has 1 heterocycles. The van der Waals surface area contributed by atoms with Crippen molar-refractivity contribution in [3.8, 4) is 0 Å². The molecule has 0 amide bonds. The maximum Gasteiger partial charge on any atom is 0.140 e. The van der Waals surface area contributed by atoms with Crippen molar-refractivity contribution in [1.82, 2.24) is 9.97 Å². The normalized spacial score (nSPS) is 29.2. The van der Waals surface area contributed by atoms with E-state index >= 15 is 0 Å². The van der Waals surface area contributed by atoms with E-state index in [0.717, 1.165) is 30.3 Å². The molecule has 94 valence electrons. The molecular weight excluding hydrogens is 232 g/mol. The van der Waals surface area contributed by atoms with Crippen LogP contribution in [0.15, 0.2) is 6.07 Å². The lowest BCUT2D eigenvalue weighted by atomic mass is 9.79. The van der Waals surface area contributed by atoms with Gasteiger partial charge < -0.3 is 9.72 Å². The third-order valence-corrected chi connectivity index (χ3v) is 3.99. The van der Waals surface area contributed by atoms with Gasteiger partial charge in [0.25, 0.3) is 0 Å². The van der Waals surface area contributed by atoms with Crippen molar-refractivity contribution in [1.29, 1.82) is 0 Å². The Kier molecular flexibility index (Phi) is 3.64. The van der Waals surface area contributed by atoms with Crippen LogP contribution in [-0.2, 0) is 10.3 Å². The first-order valence-corrected chi connectivity index (χ1v) is 6.60. The first-order chi connectivity index (χ1) is 8.05. The van der Waals surface area contributed by atoms with Crippen LogP contribution in [0.25, 0.3) is 0 Å². The summed E-state index contributed by atoms with van der Waals surface area (Å²) in [4.78, 5) is 7.78. The van der Waals surface area contributed by atoms with Gasteiger partial charge in [-0.15, -0.1) is 0 Å².